The first-order chi connectivity index (χ1) is 27.2. The Morgan fingerprint density at radius 1 is 1.02 bits per heavy atom. The number of benzene rings is 3. The molecule has 2 amide bonds. The number of ether oxygens (including phenoxy) is 1. The van der Waals surface area contributed by atoms with Gasteiger partial charge in [-0.15, -0.1) is 0 Å². The summed E-state index contributed by atoms with van der Waals surface area (Å²) in [7, 11) is 1.24. The molecule has 8 rings (SSSR count). The Kier molecular flexibility index (Phi) is 9.81. The number of alkyl carbamates (subject to hydrolysis) is 1. The number of carbonyl (C=O) groups excluding carboxylic acids is 3. The highest BCUT2D eigenvalue weighted by Crippen LogP contribution is 2.36. The van der Waals surface area contributed by atoms with Crippen LogP contribution in [0.3, 0.4) is 0 Å². The van der Waals surface area contributed by atoms with Crippen molar-refractivity contribution in [2.75, 3.05) is 13.7 Å². The predicted molar refractivity (Wildman–Crippen MR) is 208 cm³/mol. The molecule has 56 heavy (non-hydrogen) atoms. The fourth-order valence-corrected chi connectivity index (χ4v) is 7.18. The van der Waals surface area contributed by atoms with Gasteiger partial charge in [-0.1, -0.05) is 50.2 Å². The summed E-state index contributed by atoms with van der Waals surface area (Å²) in [6.45, 7) is 4.65. The van der Waals surface area contributed by atoms with Gasteiger partial charge in [0, 0.05) is 35.5 Å². The van der Waals surface area contributed by atoms with Crippen LogP contribution in [0.5, 0.6) is 0 Å². The van der Waals surface area contributed by atoms with Crippen molar-refractivity contribution in [1.82, 2.24) is 34.7 Å². The molecule has 3 N–H and O–H groups in total. The number of hydrogen-bond donors (Lipinski definition) is 3. The van der Waals surface area contributed by atoms with Crippen LogP contribution < -0.4 is 5.32 Å². The minimum Gasteiger partial charge on any atom is -0.456 e. The Bertz CT molecular complexity index is 2550. The molecule has 0 bridgehead atoms. The number of hydrogen-bond acceptors (Lipinski definition) is 7. The summed E-state index contributed by atoms with van der Waals surface area (Å²) in [5, 5.41) is 3.40. The summed E-state index contributed by atoms with van der Waals surface area (Å²) in [6.07, 6.45) is 7.75. The Morgan fingerprint density at radius 2 is 1.84 bits per heavy atom. The van der Waals surface area contributed by atoms with E-state index in [2.05, 4.69) is 20.3 Å². The Balaban J connectivity index is 1.01. The van der Waals surface area contributed by atoms with Crippen LogP contribution in [-0.4, -0.2) is 61.0 Å². The quantitative estimate of drug-likeness (QED) is 0.126. The topological polar surface area (TPSA) is 151 Å². The van der Waals surface area contributed by atoms with Crippen molar-refractivity contribution >= 4 is 28.9 Å². The van der Waals surface area contributed by atoms with E-state index < -0.39 is 23.9 Å². The zero-order valence-corrected chi connectivity index (χ0v) is 31.0. The maximum atomic E-state index is 15.7. The molecule has 3 aromatic carbocycles. The van der Waals surface area contributed by atoms with Crippen LogP contribution in [0.15, 0.2) is 108 Å². The van der Waals surface area contributed by atoms with E-state index in [-0.39, 0.29) is 17.9 Å². The maximum absolute atomic E-state index is 15.7. The molecule has 13 heteroatoms. The second-order valence-corrected chi connectivity index (χ2v) is 14.1. The third-order valence-electron chi connectivity index (χ3n) is 9.91. The van der Waals surface area contributed by atoms with Gasteiger partial charge in [-0.2, -0.15) is 0 Å². The van der Waals surface area contributed by atoms with Gasteiger partial charge in [-0.05, 0) is 72.9 Å². The molecule has 1 saturated heterocycles. The molecule has 12 nitrogen and oxygen atoms in total. The number of nitrogens with one attached hydrogen (secondary N) is 3. The van der Waals surface area contributed by atoms with Gasteiger partial charge in [0.15, 0.2) is 5.82 Å². The van der Waals surface area contributed by atoms with Gasteiger partial charge in [0.05, 0.1) is 48.4 Å². The zero-order chi connectivity index (χ0) is 38.9. The summed E-state index contributed by atoms with van der Waals surface area (Å²) < 4.78 is 28.0. The van der Waals surface area contributed by atoms with Gasteiger partial charge in [0.1, 0.15) is 29.0 Å². The summed E-state index contributed by atoms with van der Waals surface area (Å²) in [5.41, 5.74) is 4.68. The monoisotopic (exact) mass is 752 g/mol. The summed E-state index contributed by atoms with van der Waals surface area (Å²) in [4.78, 5) is 56.5. The number of rotatable bonds is 10. The average Bonchev–Trinajstić information content (AvgIpc) is 4.05. The smallest absolute Gasteiger partial charge is 0.407 e. The van der Waals surface area contributed by atoms with E-state index in [9.17, 15) is 14.4 Å². The van der Waals surface area contributed by atoms with Gasteiger partial charge in [0.2, 0.25) is 5.91 Å². The number of fused-ring (bicyclic) bond motifs is 1. The van der Waals surface area contributed by atoms with Crippen molar-refractivity contribution in [2.24, 2.45) is 5.92 Å². The number of likely N-dealkylation sites (tertiary alicyclic amines) is 1. The first kappa shape index (κ1) is 36.2. The summed E-state index contributed by atoms with van der Waals surface area (Å²) in [5.74, 6) is 0.819. The van der Waals surface area contributed by atoms with Crippen molar-refractivity contribution < 1.29 is 27.9 Å². The normalized spacial score (nSPS) is 14.7. The molecule has 2 atom stereocenters. The van der Waals surface area contributed by atoms with E-state index in [4.69, 9.17) is 14.1 Å². The van der Waals surface area contributed by atoms with Crippen LogP contribution in [0.4, 0.5) is 9.18 Å². The number of methoxy groups -OCH3 is 1. The lowest BCUT2D eigenvalue weighted by molar-refractivity contribution is -0.129. The molecular formula is C43H39FN7O5. The molecule has 5 heterocycles. The first-order valence-electron chi connectivity index (χ1n) is 18.4. The SMILES string of the molecule is COC(=O)N[C@@H](C(=O)n1cccc1-c1ncc(-c2ccc3oc(-c4ccc(-c5c[nH]c([C@@H]6CCCN6C(=O)[CH]C(C)C)n5)cc4F)cc3c2)[nH]1)c1ccccc1. The molecule has 0 aliphatic carbocycles. The van der Waals surface area contributed by atoms with E-state index in [1.807, 2.05) is 43.0 Å². The van der Waals surface area contributed by atoms with Crippen LogP contribution in [-0.2, 0) is 9.53 Å². The molecule has 0 saturated carbocycles. The second kappa shape index (κ2) is 15.2. The van der Waals surface area contributed by atoms with Crippen molar-refractivity contribution in [1.29, 1.82) is 0 Å². The van der Waals surface area contributed by atoms with E-state index >= 15 is 4.39 Å². The van der Waals surface area contributed by atoms with Crippen molar-refractivity contribution in [3.05, 3.63) is 127 Å². The van der Waals surface area contributed by atoms with Crippen LogP contribution in [0.1, 0.15) is 55.0 Å². The van der Waals surface area contributed by atoms with Gasteiger partial charge < -0.3 is 29.3 Å². The average molecular weight is 753 g/mol. The van der Waals surface area contributed by atoms with Gasteiger partial charge in [-0.3, -0.25) is 14.2 Å². The minimum absolute atomic E-state index is 0.00679. The highest BCUT2D eigenvalue weighted by Gasteiger charge is 2.32. The molecule has 1 fully saturated rings. The molecule has 7 aromatic rings. The molecule has 283 valence electrons. The number of imidazole rings is 2. The molecule has 1 aliphatic heterocycles. The van der Waals surface area contributed by atoms with E-state index in [0.29, 0.717) is 63.3 Å². The minimum atomic E-state index is -1.000. The number of H-pyrrole nitrogens is 2. The summed E-state index contributed by atoms with van der Waals surface area (Å²) in [6, 6.07) is 23.6. The number of halogens is 1. The first-order valence-corrected chi connectivity index (χ1v) is 18.4. The van der Waals surface area contributed by atoms with Crippen molar-refractivity contribution in [3.8, 4) is 45.4 Å². The number of furan rings is 1. The lowest BCUT2D eigenvalue weighted by Crippen LogP contribution is -2.36. The molecule has 0 unspecified atom stereocenters. The molecule has 1 radical (unpaired) electrons. The Morgan fingerprint density at radius 3 is 2.62 bits per heavy atom. The third-order valence-corrected chi connectivity index (χ3v) is 9.91. The lowest BCUT2D eigenvalue weighted by Gasteiger charge is -2.23. The Hall–Kier alpha value is -6.76. The molecule has 0 spiro atoms. The third kappa shape index (κ3) is 7.10. The number of carbonyl (C=O) groups is 3. The van der Waals surface area contributed by atoms with E-state index in [1.165, 1.54) is 17.7 Å². The van der Waals surface area contributed by atoms with Crippen molar-refractivity contribution in [2.45, 2.75) is 38.8 Å². The number of aromatic amines is 2. The van der Waals surface area contributed by atoms with Crippen LogP contribution in [0, 0.1) is 18.2 Å². The largest absolute Gasteiger partial charge is 0.456 e. The van der Waals surface area contributed by atoms with Gasteiger partial charge >= 0.3 is 6.09 Å². The standard InChI is InChI=1S/C43H39FN7O5/c1-25(2)19-38(52)50-17-7-11-34(50)40-45-24-33(48-40)28-13-15-30(31(44)21-28)37-22-29-20-27(14-16-36(29)56-37)32-23-46-41(47-32)35-12-8-18-51(35)42(53)39(49-43(54)55-3)26-9-5-4-6-10-26/h4-6,8-10,12-16,18-25,34,39H,7,11,17H2,1-3H3,(H,45,48)(H,46,47)(H,49,54)/t34-,39+/m0/s1. The zero-order valence-electron chi connectivity index (χ0n) is 31.0. The number of amides is 2. The van der Waals surface area contributed by atoms with Crippen LogP contribution in [0.2, 0.25) is 0 Å². The van der Waals surface area contributed by atoms with Gasteiger partial charge in [-0.25, -0.2) is 19.2 Å². The molecule has 1 aliphatic rings. The molecule has 4 aromatic heterocycles. The van der Waals surface area contributed by atoms with E-state index in [1.54, 1.807) is 79.6 Å². The highest BCUT2D eigenvalue weighted by atomic mass is 19.1. The number of aromatic nitrogens is 5. The summed E-state index contributed by atoms with van der Waals surface area (Å²) >= 11 is 0. The Labute approximate surface area is 321 Å². The predicted octanol–water partition coefficient (Wildman–Crippen LogP) is 8.75. The van der Waals surface area contributed by atoms with Crippen molar-refractivity contribution in [3.63, 3.8) is 0 Å². The second-order valence-electron chi connectivity index (χ2n) is 14.1. The number of nitrogens with zero attached hydrogens (tertiary/aromatic N) is 4. The highest BCUT2D eigenvalue weighted by molar-refractivity contribution is 5.92. The van der Waals surface area contributed by atoms with Crippen LogP contribution >= 0.6 is 0 Å². The van der Waals surface area contributed by atoms with Crippen LogP contribution in [0.25, 0.3) is 56.3 Å². The lowest BCUT2D eigenvalue weighted by atomic mass is 10.1. The fourth-order valence-electron chi connectivity index (χ4n) is 7.18. The molecular weight excluding hydrogens is 714 g/mol. The van der Waals surface area contributed by atoms with E-state index in [0.717, 1.165) is 23.8 Å². The van der Waals surface area contributed by atoms with Gasteiger partial charge in [0.25, 0.3) is 5.91 Å². The maximum Gasteiger partial charge on any atom is 0.407 e. The fraction of sp³-hybridized carbons (Fsp3) is 0.209.